The van der Waals surface area contributed by atoms with Gasteiger partial charge in [-0.1, -0.05) is 18.2 Å². The van der Waals surface area contributed by atoms with Gasteiger partial charge in [0, 0.05) is 25.1 Å². The van der Waals surface area contributed by atoms with Gasteiger partial charge in [-0.25, -0.2) is 0 Å². The normalized spacial score (nSPS) is 24.3. The molecule has 0 spiro atoms. The maximum Gasteiger partial charge on any atom is 0.303 e. The lowest BCUT2D eigenvalue weighted by Gasteiger charge is -2.20. The summed E-state index contributed by atoms with van der Waals surface area (Å²) in [6, 6.07) is 7.60. The molecular formula is C15H17NO4. The lowest BCUT2D eigenvalue weighted by molar-refractivity contribution is -0.138. The monoisotopic (exact) mass is 275 g/mol. The van der Waals surface area contributed by atoms with Gasteiger partial charge in [0.05, 0.1) is 0 Å². The first-order valence-electron chi connectivity index (χ1n) is 6.87. The fourth-order valence-corrected chi connectivity index (χ4v) is 3.03. The number of likely N-dealkylation sites (tertiary alicyclic amines) is 1. The number of para-hydroxylation sites is 1. The minimum absolute atomic E-state index is 0.0582. The molecule has 0 bridgehead atoms. The fraction of sp³-hybridized carbons (Fsp3) is 0.467. The van der Waals surface area contributed by atoms with Crippen molar-refractivity contribution in [2.24, 2.45) is 5.92 Å². The van der Waals surface area contributed by atoms with E-state index in [4.69, 9.17) is 9.84 Å². The van der Waals surface area contributed by atoms with Gasteiger partial charge in [0.1, 0.15) is 18.3 Å². The highest BCUT2D eigenvalue weighted by Crippen LogP contribution is 2.35. The molecule has 3 rings (SSSR count). The number of rotatable bonds is 3. The standard InChI is InChI=1S/C15H17NO4/c17-14(18)7-10-5-6-16(8-10)15(19)12-9-20-13-4-2-1-3-11(12)13/h1-4,10,12H,5-9H2,(H,17,18). The number of benzene rings is 1. The predicted molar refractivity (Wildman–Crippen MR) is 71.6 cm³/mol. The molecule has 1 N–H and O–H groups in total. The summed E-state index contributed by atoms with van der Waals surface area (Å²) in [7, 11) is 0. The van der Waals surface area contributed by atoms with E-state index >= 15 is 0 Å². The highest BCUT2D eigenvalue weighted by molar-refractivity contribution is 5.86. The molecule has 20 heavy (non-hydrogen) atoms. The number of carboxylic acids is 1. The average Bonchev–Trinajstić information content (AvgIpc) is 3.03. The van der Waals surface area contributed by atoms with Crippen LogP contribution in [0.1, 0.15) is 24.3 Å². The Morgan fingerprint density at radius 1 is 1.35 bits per heavy atom. The minimum Gasteiger partial charge on any atom is -0.492 e. The van der Waals surface area contributed by atoms with E-state index in [0.717, 1.165) is 17.7 Å². The molecule has 0 aliphatic carbocycles. The summed E-state index contributed by atoms with van der Waals surface area (Å²) >= 11 is 0. The van der Waals surface area contributed by atoms with Crippen LogP contribution in [0.25, 0.3) is 0 Å². The number of aliphatic carboxylic acids is 1. The van der Waals surface area contributed by atoms with Crippen LogP contribution < -0.4 is 4.74 Å². The second kappa shape index (κ2) is 5.15. The van der Waals surface area contributed by atoms with Crippen molar-refractivity contribution in [1.82, 2.24) is 4.90 Å². The van der Waals surface area contributed by atoms with Crippen LogP contribution in [-0.2, 0) is 9.59 Å². The van der Waals surface area contributed by atoms with Crippen LogP contribution in [0.4, 0.5) is 0 Å². The topological polar surface area (TPSA) is 66.8 Å². The second-order valence-electron chi connectivity index (χ2n) is 5.44. The Hall–Kier alpha value is -2.04. The average molecular weight is 275 g/mol. The number of fused-ring (bicyclic) bond motifs is 1. The van der Waals surface area contributed by atoms with Gasteiger partial charge in [-0.2, -0.15) is 0 Å². The van der Waals surface area contributed by atoms with Crippen molar-refractivity contribution in [3.8, 4) is 5.75 Å². The summed E-state index contributed by atoms with van der Waals surface area (Å²) in [5.41, 5.74) is 0.944. The molecule has 1 fully saturated rings. The SMILES string of the molecule is O=C(O)CC1CCN(C(=O)C2COc3ccccc32)C1. The Morgan fingerprint density at radius 3 is 2.95 bits per heavy atom. The summed E-state index contributed by atoms with van der Waals surface area (Å²) in [6.07, 6.45) is 0.912. The number of carbonyl (C=O) groups excluding carboxylic acids is 1. The molecule has 2 atom stereocenters. The predicted octanol–water partition coefficient (Wildman–Crippen LogP) is 1.49. The van der Waals surface area contributed by atoms with Gasteiger partial charge in [-0.15, -0.1) is 0 Å². The van der Waals surface area contributed by atoms with Gasteiger partial charge in [-0.05, 0) is 18.4 Å². The summed E-state index contributed by atoms with van der Waals surface area (Å²) < 4.78 is 5.54. The van der Waals surface area contributed by atoms with E-state index in [1.54, 1.807) is 4.90 Å². The van der Waals surface area contributed by atoms with Gasteiger partial charge in [0.25, 0.3) is 0 Å². The zero-order valence-corrected chi connectivity index (χ0v) is 11.1. The van der Waals surface area contributed by atoms with Gasteiger partial charge in [0.15, 0.2) is 0 Å². The molecule has 0 radical (unpaired) electrons. The molecule has 5 heteroatoms. The van der Waals surface area contributed by atoms with Crippen molar-refractivity contribution in [2.45, 2.75) is 18.8 Å². The van der Waals surface area contributed by atoms with E-state index in [-0.39, 0.29) is 24.2 Å². The third kappa shape index (κ3) is 2.35. The molecule has 2 heterocycles. The molecule has 0 aromatic heterocycles. The van der Waals surface area contributed by atoms with E-state index in [1.807, 2.05) is 24.3 Å². The van der Waals surface area contributed by atoms with E-state index in [2.05, 4.69) is 0 Å². The summed E-state index contributed by atoms with van der Waals surface area (Å²) in [6.45, 7) is 1.58. The quantitative estimate of drug-likeness (QED) is 0.907. The zero-order valence-electron chi connectivity index (χ0n) is 11.1. The van der Waals surface area contributed by atoms with Crippen LogP contribution in [-0.4, -0.2) is 41.6 Å². The van der Waals surface area contributed by atoms with E-state index in [9.17, 15) is 9.59 Å². The van der Waals surface area contributed by atoms with Crippen LogP contribution in [0.5, 0.6) is 5.75 Å². The fourth-order valence-electron chi connectivity index (χ4n) is 3.03. The van der Waals surface area contributed by atoms with Gasteiger partial charge >= 0.3 is 5.97 Å². The van der Waals surface area contributed by atoms with Crippen molar-refractivity contribution in [3.63, 3.8) is 0 Å². The molecule has 1 amide bonds. The van der Waals surface area contributed by atoms with Crippen LogP contribution >= 0.6 is 0 Å². The Kier molecular flexibility index (Phi) is 3.34. The molecule has 106 valence electrons. The maximum atomic E-state index is 12.5. The molecule has 1 aromatic rings. The van der Waals surface area contributed by atoms with Gasteiger partial charge in [-0.3, -0.25) is 9.59 Å². The van der Waals surface area contributed by atoms with Gasteiger partial charge in [0.2, 0.25) is 5.91 Å². The first-order valence-corrected chi connectivity index (χ1v) is 6.87. The number of hydrogen-bond donors (Lipinski definition) is 1. The number of nitrogens with zero attached hydrogens (tertiary/aromatic N) is 1. The van der Waals surface area contributed by atoms with Crippen LogP contribution in [0.3, 0.4) is 0 Å². The van der Waals surface area contributed by atoms with Crippen molar-refractivity contribution >= 4 is 11.9 Å². The Labute approximate surface area is 117 Å². The molecule has 1 saturated heterocycles. The maximum absolute atomic E-state index is 12.5. The number of hydrogen-bond acceptors (Lipinski definition) is 3. The molecule has 2 aliphatic heterocycles. The highest BCUT2D eigenvalue weighted by atomic mass is 16.5. The Morgan fingerprint density at radius 2 is 2.15 bits per heavy atom. The van der Waals surface area contributed by atoms with Crippen molar-refractivity contribution in [2.75, 3.05) is 19.7 Å². The molecule has 5 nitrogen and oxygen atoms in total. The van der Waals surface area contributed by atoms with E-state index < -0.39 is 5.97 Å². The molecular weight excluding hydrogens is 258 g/mol. The Bertz CT molecular complexity index is 542. The van der Waals surface area contributed by atoms with Gasteiger partial charge < -0.3 is 14.7 Å². The molecule has 1 aromatic carbocycles. The third-order valence-corrected chi connectivity index (χ3v) is 4.06. The first kappa shape index (κ1) is 13.0. The highest BCUT2D eigenvalue weighted by Gasteiger charge is 2.36. The number of amides is 1. The lowest BCUT2D eigenvalue weighted by atomic mass is 10.00. The van der Waals surface area contributed by atoms with Crippen LogP contribution in [0, 0.1) is 5.92 Å². The Balaban J connectivity index is 1.68. The zero-order chi connectivity index (χ0) is 14.1. The minimum atomic E-state index is -0.793. The second-order valence-corrected chi connectivity index (χ2v) is 5.44. The third-order valence-electron chi connectivity index (χ3n) is 4.06. The number of carbonyl (C=O) groups is 2. The van der Waals surface area contributed by atoms with E-state index in [0.29, 0.717) is 19.7 Å². The van der Waals surface area contributed by atoms with Crippen molar-refractivity contribution in [1.29, 1.82) is 0 Å². The van der Waals surface area contributed by atoms with Crippen LogP contribution in [0.2, 0.25) is 0 Å². The number of carboxylic acid groups (broad SMARTS) is 1. The van der Waals surface area contributed by atoms with Crippen molar-refractivity contribution in [3.05, 3.63) is 29.8 Å². The molecule has 0 saturated carbocycles. The summed E-state index contributed by atoms with van der Waals surface area (Å²) in [4.78, 5) is 25.0. The van der Waals surface area contributed by atoms with E-state index in [1.165, 1.54) is 0 Å². The van der Waals surface area contributed by atoms with Crippen LogP contribution in [0.15, 0.2) is 24.3 Å². The molecule has 2 unspecified atom stereocenters. The summed E-state index contributed by atoms with van der Waals surface area (Å²) in [5, 5.41) is 8.82. The smallest absolute Gasteiger partial charge is 0.303 e. The summed E-state index contributed by atoms with van der Waals surface area (Å²) in [5.74, 6) is -0.113. The lowest BCUT2D eigenvalue weighted by Crippen LogP contribution is -2.34. The number of ether oxygens (including phenoxy) is 1. The largest absolute Gasteiger partial charge is 0.492 e. The molecule has 2 aliphatic rings. The van der Waals surface area contributed by atoms with Crippen molar-refractivity contribution < 1.29 is 19.4 Å². The first-order chi connectivity index (χ1) is 9.65.